The number of hydrogen-bond acceptors (Lipinski definition) is 2. The topological polar surface area (TPSA) is 46.3 Å². The Morgan fingerprint density at radius 2 is 2.00 bits per heavy atom. The van der Waals surface area contributed by atoms with E-state index in [-0.39, 0.29) is 5.91 Å². The van der Waals surface area contributed by atoms with Gasteiger partial charge in [-0.3, -0.25) is 4.79 Å². The summed E-state index contributed by atoms with van der Waals surface area (Å²) in [6, 6.07) is 5.91. The van der Waals surface area contributed by atoms with Gasteiger partial charge in [-0.25, -0.2) is 0 Å². The van der Waals surface area contributed by atoms with Crippen LogP contribution in [-0.4, -0.2) is 28.9 Å². The Morgan fingerprint density at radius 3 is 2.50 bits per heavy atom. The summed E-state index contributed by atoms with van der Waals surface area (Å²) in [7, 11) is 0. The molecule has 0 bridgehead atoms. The molecule has 110 valence electrons. The number of hydrogen-bond donors (Lipinski definition) is 1. The molecule has 1 amide bonds. The predicted molar refractivity (Wildman–Crippen MR) is 88.1 cm³/mol. The summed E-state index contributed by atoms with van der Waals surface area (Å²) in [6.07, 6.45) is 0.568. The van der Waals surface area contributed by atoms with Gasteiger partial charge in [-0.15, -0.1) is 0 Å². The minimum atomic E-state index is 0.0625. The first-order valence-corrected chi connectivity index (χ1v) is 7.37. The van der Waals surface area contributed by atoms with Crippen LogP contribution in [0.3, 0.4) is 0 Å². The Hall–Kier alpha value is -1.42. The summed E-state index contributed by atoms with van der Waals surface area (Å²) in [5, 5.41) is 0. The van der Waals surface area contributed by atoms with Gasteiger partial charge in [-0.1, -0.05) is 43.8 Å². The first kappa shape index (κ1) is 16.6. The molecule has 0 heterocycles. The average Bonchev–Trinajstić information content (AvgIpc) is 2.33. The predicted octanol–water partition coefficient (Wildman–Crippen LogP) is 3.08. The van der Waals surface area contributed by atoms with Crippen molar-refractivity contribution in [1.82, 2.24) is 4.90 Å². The van der Waals surface area contributed by atoms with E-state index >= 15 is 0 Å². The van der Waals surface area contributed by atoms with Gasteiger partial charge in [0.05, 0.1) is 4.99 Å². The number of benzene rings is 1. The third kappa shape index (κ3) is 4.93. The zero-order valence-electron chi connectivity index (χ0n) is 12.8. The molecular weight excluding hydrogens is 268 g/mol. The van der Waals surface area contributed by atoms with Gasteiger partial charge in [0.2, 0.25) is 0 Å². The fraction of sp³-hybridized carbons (Fsp3) is 0.500. The molecular formula is C16H24N2OS. The molecule has 1 aromatic carbocycles. The molecule has 4 heteroatoms. The molecule has 0 aromatic heterocycles. The third-order valence-electron chi connectivity index (χ3n) is 3.11. The van der Waals surface area contributed by atoms with Crippen LogP contribution in [0.2, 0.25) is 0 Å². The summed E-state index contributed by atoms with van der Waals surface area (Å²) in [5.74, 6) is 0.475. The largest absolute Gasteiger partial charge is 0.393 e. The number of carbonyl (C=O) groups excluding carboxylic acids is 1. The highest BCUT2D eigenvalue weighted by Gasteiger charge is 2.18. The standard InChI is InChI=1S/C16H24N2OS/c1-11(2)10-18(8-7-15(17)20)16(19)14-6-5-12(3)9-13(14)4/h5-6,9,11H,7-8,10H2,1-4H3,(H2,17,20). The SMILES string of the molecule is Cc1ccc(C(=O)N(CCC(N)=S)CC(C)C)c(C)c1. The van der Waals surface area contributed by atoms with Crippen molar-refractivity contribution < 1.29 is 4.79 Å². The van der Waals surface area contributed by atoms with Gasteiger partial charge < -0.3 is 10.6 Å². The average molecular weight is 292 g/mol. The van der Waals surface area contributed by atoms with E-state index in [9.17, 15) is 4.79 Å². The minimum absolute atomic E-state index is 0.0625. The monoisotopic (exact) mass is 292 g/mol. The van der Waals surface area contributed by atoms with E-state index < -0.39 is 0 Å². The highest BCUT2D eigenvalue weighted by atomic mass is 32.1. The molecule has 3 nitrogen and oxygen atoms in total. The van der Waals surface area contributed by atoms with Crippen LogP contribution in [0.5, 0.6) is 0 Å². The maximum atomic E-state index is 12.7. The van der Waals surface area contributed by atoms with Gasteiger partial charge >= 0.3 is 0 Å². The van der Waals surface area contributed by atoms with E-state index in [0.717, 1.165) is 23.2 Å². The highest BCUT2D eigenvalue weighted by Crippen LogP contribution is 2.14. The lowest BCUT2D eigenvalue weighted by Gasteiger charge is -2.25. The van der Waals surface area contributed by atoms with E-state index in [1.54, 1.807) is 0 Å². The Kier molecular flexibility index (Phi) is 6.14. The fourth-order valence-corrected chi connectivity index (χ4v) is 2.28. The smallest absolute Gasteiger partial charge is 0.254 e. The molecule has 0 saturated heterocycles. The lowest BCUT2D eigenvalue weighted by atomic mass is 10.0. The molecule has 2 N–H and O–H groups in total. The first-order chi connectivity index (χ1) is 9.31. The van der Waals surface area contributed by atoms with E-state index in [2.05, 4.69) is 13.8 Å². The Labute approximate surface area is 127 Å². The van der Waals surface area contributed by atoms with Crippen LogP contribution < -0.4 is 5.73 Å². The van der Waals surface area contributed by atoms with Crippen molar-refractivity contribution in [2.45, 2.75) is 34.1 Å². The van der Waals surface area contributed by atoms with Crippen molar-refractivity contribution in [1.29, 1.82) is 0 Å². The van der Waals surface area contributed by atoms with Crippen LogP contribution in [0, 0.1) is 19.8 Å². The molecule has 20 heavy (non-hydrogen) atoms. The number of thiocarbonyl (C=S) groups is 1. The normalized spacial score (nSPS) is 10.7. The Morgan fingerprint density at radius 1 is 1.35 bits per heavy atom. The summed E-state index contributed by atoms with van der Waals surface area (Å²) in [6.45, 7) is 9.50. The second kappa shape index (κ2) is 7.39. The van der Waals surface area contributed by atoms with E-state index in [1.807, 2.05) is 36.9 Å². The van der Waals surface area contributed by atoms with Gasteiger partial charge in [-0.2, -0.15) is 0 Å². The van der Waals surface area contributed by atoms with Gasteiger partial charge in [0, 0.05) is 25.1 Å². The van der Waals surface area contributed by atoms with Crippen molar-refractivity contribution >= 4 is 23.1 Å². The summed E-state index contributed by atoms with van der Waals surface area (Å²) in [4.78, 5) is 15.0. The van der Waals surface area contributed by atoms with Crippen LogP contribution in [0.25, 0.3) is 0 Å². The van der Waals surface area contributed by atoms with Crippen LogP contribution >= 0.6 is 12.2 Å². The highest BCUT2D eigenvalue weighted by molar-refractivity contribution is 7.80. The number of aryl methyl sites for hydroxylation is 2. The summed E-state index contributed by atoms with van der Waals surface area (Å²) >= 11 is 4.91. The van der Waals surface area contributed by atoms with Crippen LogP contribution in [0.1, 0.15) is 41.8 Å². The molecule has 1 rings (SSSR count). The zero-order chi connectivity index (χ0) is 15.3. The molecule has 0 fully saturated rings. The van der Waals surface area contributed by atoms with Crippen molar-refractivity contribution in [3.05, 3.63) is 34.9 Å². The van der Waals surface area contributed by atoms with Crippen molar-refractivity contribution in [2.75, 3.05) is 13.1 Å². The molecule has 0 atom stereocenters. The molecule has 0 aliphatic rings. The Balaban J connectivity index is 2.93. The quantitative estimate of drug-likeness (QED) is 0.820. The number of amides is 1. The van der Waals surface area contributed by atoms with Crippen LogP contribution in [-0.2, 0) is 0 Å². The lowest BCUT2D eigenvalue weighted by Crippen LogP contribution is -2.36. The van der Waals surface area contributed by atoms with Gasteiger partial charge in [-0.05, 0) is 31.4 Å². The first-order valence-electron chi connectivity index (χ1n) is 6.96. The second-order valence-corrected chi connectivity index (χ2v) is 6.20. The number of nitrogens with zero attached hydrogens (tertiary/aromatic N) is 1. The maximum absolute atomic E-state index is 12.7. The van der Waals surface area contributed by atoms with Crippen molar-refractivity contribution in [2.24, 2.45) is 11.7 Å². The number of carbonyl (C=O) groups is 1. The molecule has 0 saturated carbocycles. The summed E-state index contributed by atoms with van der Waals surface area (Å²) in [5.41, 5.74) is 8.49. The van der Waals surface area contributed by atoms with Gasteiger partial charge in [0.15, 0.2) is 0 Å². The lowest BCUT2D eigenvalue weighted by molar-refractivity contribution is 0.0740. The molecule has 0 aliphatic heterocycles. The molecule has 0 aliphatic carbocycles. The number of rotatable bonds is 6. The molecule has 0 radical (unpaired) electrons. The van der Waals surface area contributed by atoms with E-state index in [4.69, 9.17) is 18.0 Å². The van der Waals surface area contributed by atoms with Crippen LogP contribution in [0.4, 0.5) is 0 Å². The fourth-order valence-electron chi connectivity index (χ4n) is 2.19. The minimum Gasteiger partial charge on any atom is -0.393 e. The molecule has 0 unspecified atom stereocenters. The zero-order valence-corrected chi connectivity index (χ0v) is 13.6. The Bertz CT molecular complexity index is 497. The summed E-state index contributed by atoms with van der Waals surface area (Å²) < 4.78 is 0. The van der Waals surface area contributed by atoms with Crippen molar-refractivity contribution in [3.8, 4) is 0 Å². The van der Waals surface area contributed by atoms with E-state index in [0.29, 0.717) is 23.9 Å². The molecule has 0 spiro atoms. The van der Waals surface area contributed by atoms with Gasteiger partial charge in [0.25, 0.3) is 5.91 Å². The molecule has 1 aromatic rings. The van der Waals surface area contributed by atoms with Gasteiger partial charge in [0.1, 0.15) is 0 Å². The third-order valence-corrected chi connectivity index (χ3v) is 3.32. The van der Waals surface area contributed by atoms with E-state index in [1.165, 1.54) is 0 Å². The maximum Gasteiger partial charge on any atom is 0.254 e. The van der Waals surface area contributed by atoms with Crippen LogP contribution in [0.15, 0.2) is 18.2 Å². The van der Waals surface area contributed by atoms with Crippen molar-refractivity contribution in [3.63, 3.8) is 0 Å². The number of nitrogens with two attached hydrogens (primary N) is 1. The second-order valence-electron chi connectivity index (χ2n) is 5.68.